The summed E-state index contributed by atoms with van der Waals surface area (Å²) in [5.41, 5.74) is 0.867. The molecule has 0 aromatic carbocycles. The van der Waals surface area contributed by atoms with Crippen LogP contribution in [0.2, 0.25) is 12.1 Å². The number of hydrogen-bond acceptors (Lipinski definition) is 0. The minimum atomic E-state index is 0.479. The van der Waals surface area contributed by atoms with Crippen molar-refractivity contribution in [2.24, 2.45) is 5.41 Å². The van der Waals surface area contributed by atoms with Gasteiger partial charge in [-0.3, -0.25) is 0 Å². The molecule has 8 heavy (non-hydrogen) atoms. The van der Waals surface area contributed by atoms with E-state index in [1.165, 1.54) is 12.8 Å². The third-order valence-electron chi connectivity index (χ3n) is 2.91. The van der Waals surface area contributed by atoms with Crippen LogP contribution in [0.1, 0.15) is 26.7 Å². The van der Waals surface area contributed by atoms with Crippen molar-refractivity contribution in [1.29, 1.82) is 0 Å². The molecular weight excluding hydrogens is 112 g/mol. The first-order chi connectivity index (χ1) is 3.83. The van der Waals surface area contributed by atoms with E-state index in [4.69, 9.17) is 0 Å². The van der Waals surface area contributed by atoms with Crippen LogP contribution < -0.4 is 0 Å². The third-order valence-corrected chi connectivity index (χ3v) is 5.74. The zero-order valence-electron chi connectivity index (χ0n) is 6.04. The van der Waals surface area contributed by atoms with Crippen LogP contribution in [0.25, 0.3) is 0 Å². The van der Waals surface area contributed by atoms with Crippen molar-refractivity contribution in [2.75, 3.05) is 0 Å². The van der Waals surface area contributed by atoms with Gasteiger partial charge in [-0.1, -0.05) is 38.8 Å². The SMILES string of the molecule is CCC1(CC)C[SiH2]C1. The molecule has 0 spiro atoms. The highest BCUT2D eigenvalue weighted by Crippen LogP contribution is 2.43. The summed E-state index contributed by atoms with van der Waals surface area (Å²) in [6.45, 7) is 4.69. The minimum absolute atomic E-state index is 0.479. The Balaban J connectivity index is 2.33. The lowest BCUT2D eigenvalue weighted by atomic mass is 9.85. The fourth-order valence-corrected chi connectivity index (χ4v) is 4.40. The summed E-state index contributed by atoms with van der Waals surface area (Å²) < 4.78 is 0. The second kappa shape index (κ2) is 2.22. The molecule has 1 heterocycles. The van der Waals surface area contributed by atoms with Gasteiger partial charge in [-0.15, -0.1) is 0 Å². The van der Waals surface area contributed by atoms with Crippen LogP contribution in [0.15, 0.2) is 0 Å². The van der Waals surface area contributed by atoms with Gasteiger partial charge in [-0.05, 0) is 5.41 Å². The molecule has 0 aromatic heterocycles. The van der Waals surface area contributed by atoms with Crippen molar-refractivity contribution in [3.63, 3.8) is 0 Å². The maximum absolute atomic E-state index is 2.34. The van der Waals surface area contributed by atoms with Crippen LogP contribution >= 0.6 is 0 Å². The van der Waals surface area contributed by atoms with Gasteiger partial charge in [0.25, 0.3) is 0 Å². The molecule has 1 fully saturated rings. The Hall–Kier alpha value is 0.217. The Morgan fingerprint density at radius 1 is 1.25 bits per heavy atom. The predicted octanol–water partition coefficient (Wildman–Crippen LogP) is 1.81. The zero-order chi connectivity index (χ0) is 6.04. The molecule has 0 N–H and O–H groups in total. The Morgan fingerprint density at radius 3 is 1.75 bits per heavy atom. The van der Waals surface area contributed by atoms with Gasteiger partial charge in [0.2, 0.25) is 0 Å². The van der Waals surface area contributed by atoms with Crippen molar-refractivity contribution in [3.8, 4) is 0 Å². The quantitative estimate of drug-likeness (QED) is 0.498. The molecule has 1 aliphatic rings. The van der Waals surface area contributed by atoms with Crippen LogP contribution in [0.3, 0.4) is 0 Å². The second-order valence-corrected chi connectivity index (χ2v) is 4.77. The van der Waals surface area contributed by atoms with Crippen molar-refractivity contribution < 1.29 is 0 Å². The van der Waals surface area contributed by atoms with E-state index in [0.717, 1.165) is 5.41 Å². The smallest absolute Gasteiger partial charge is 0.0209 e. The first-order valence-electron chi connectivity index (χ1n) is 3.83. The fraction of sp³-hybridized carbons (Fsp3) is 1.00. The zero-order valence-corrected chi connectivity index (χ0v) is 7.45. The highest BCUT2D eigenvalue weighted by atomic mass is 28.2. The predicted molar refractivity (Wildman–Crippen MR) is 41.2 cm³/mol. The average molecular weight is 128 g/mol. The van der Waals surface area contributed by atoms with Gasteiger partial charge in [0, 0.05) is 9.52 Å². The topological polar surface area (TPSA) is 0 Å². The molecular formula is C7H16Si. The number of rotatable bonds is 2. The number of hydrogen-bond donors (Lipinski definition) is 0. The molecule has 0 atom stereocenters. The van der Waals surface area contributed by atoms with Crippen molar-refractivity contribution >= 4 is 9.52 Å². The second-order valence-electron chi connectivity index (χ2n) is 3.06. The van der Waals surface area contributed by atoms with Crippen molar-refractivity contribution in [1.82, 2.24) is 0 Å². The molecule has 0 amide bonds. The van der Waals surface area contributed by atoms with Crippen molar-refractivity contribution in [3.05, 3.63) is 0 Å². The maximum Gasteiger partial charge on any atom is 0.0209 e. The normalized spacial score (nSPS) is 24.8. The summed E-state index contributed by atoms with van der Waals surface area (Å²) in [6, 6.07) is 3.28. The van der Waals surface area contributed by atoms with E-state index in [-0.39, 0.29) is 0 Å². The van der Waals surface area contributed by atoms with E-state index in [2.05, 4.69) is 13.8 Å². The Labute approximate surface area is 54.5 Å². The monoisotopic (exact) mass is 128 g/mol. The van der Waals surface area contributed by atoms with E-state index >= 15 is 0 Å². The molecule has 1 heteroatoms. The van der Waals surface area contributed by atoms with Gasteiger partial charge in [0.05, 0.1) is 0 Å². The Kier molecular flexibility index (Phi) is 1.76. The van der Waals surface area contributed by atoms with E-state index in [0.29, 0.717) is 9.52 Å². The molecule has 1 rings (SSSR count). The fourth-order valence-electron chi connectivity index (χ4n) is 1.63. The van der Waals surface area contributed by atoms with Crippen LogP contribution in [-0.2, 0) is 0 Å². The van der Waals surface area contributed by atoms with Crippen LogP contribution in [0.4, 0.5) is 0 Å². The van der Waals surface area contributed by atoms with Gasteiger partial charge in [-0.2, -0.15) is 0 Å². The molecule has 0 saturated carbocycles. The summed E-state index contributed by atoms with van der Waals surface area (Å²) in [4.78, 5) is 0. The summed E-state index contributed by atoms with van der Waals surface area (Å²) in [6.07, 6.45) is 2.88. The highest BCUT2D eigenvalue weighted by molar-refractivity contribution is 6.40. The van der Waals surface area contributed by atoms with Crippen LogP contribution in [0.5, 0.6) is 0 Å². The standard InChI is InChI=1S/C7H16Si/c1-3-7(4-2)5-8-6-7/h3-6,8H2,1-2H3. The molecule has 0 nitrogen and oxygen atoms in total. The average Bonchev–Trinajstić information content (AvgIpc) is 1.67. The highest BCUT2D eigenvalue weighted by Gasteiger charge is 2.32. The van der Waals surface area contributed by atoms with Gasteiger partial charge in [0.15, 0.2) is 0 Å². The maximum atomic E-state index is 2.34. The summed E-state index contributed by atoms with van der Waals surface area (Å²) in [7, 11) is 0.479. The first-order valence-corrected chi connectivity index (χ1v) is 5.83. The molecule has 0 radical (unpaired) electrons. The summed E-state index contributed by atoms with van der Waals surface area (Å²) in [5, 5.41) is 0. The molecule has 0 aliphatic carbocycles. The van der Waals surface area contributed by atoms with Crippen molar-refractivity contribution in [2.45, 2.75) is 38.8 Å². The van der Waals surface area contributed by atoms with E-state index in [9.17, 15) is 0 Å². The molecule has 0 aromatic rings. The molecule has 1 aliphatic heterocycles. The molecule has 48 valence electrons. The van der Waals surface area contributed by atoms with Crippen LogP contribution in [0, 0.1) is 5.41 Å². The molecule has 1 saturated heterocycles. The summed E-state index contributed by atoms with van der Waals surface area (Å²) in [5.74, 6) is 0. The largest absolute Gasteiger partial charge is 0.0649 e. The Morgan fingerprint density at radius 2 is 1.75 bits per heavy atom. The lowest BCUT2D eigenvalue weighted by Crippen LogP contribution is -2.31. The lowest BCUT2D eigenvalue weighted by Gasteiger charge is -2.40. The molecule has 0 bridgehead atoms. The lowest BCUT2D eigenvalue weighted by molar-refractivity contribution is 0.302. The van der Waals surface area contributed by atoms with Gasteiger partial charge in [0.1, 0.15) is 0 Å². The van der Waals surface area contributed by atoms with Gasteiger partial charge >= 0.3 is 0 Å². The Bertz CT molecular complexity index is 60.9. The van der Waals surface area contributed by atoms with E-state index in [1.54, 1.807) is 12.1 Å². The summed E-state index contributed by atoms with van der Waals surface area (Å²) >= 11 is 0. The van der Waals surface area contributed by atoms with E-state index < -0.39 is 0 Å². The van der Waals surface area contributed by atoms with E-state index in [1.807, 2.05) is 0 Å². The van der Waals surface area contributed by atoms with Crippen LogP contribution in [-0.4, -0.2) is 9.52 Å². The van der Waals surface area contributed by atoms with Gasteiger partial charge in [-0.25, -0.2) is 0 Å². The third kappa shape index (κ3) is 0.837. The van der Waals surface area contributed by atoms with Gasteiger partial charge < -0.3 is 0 Å². The minimum Gasteiger partial charge on any atom is -0.0649 e. The molecule has 0 unspecified atom stereocenters. The first kappa shape index (κ1) is 6.34.